The van der Waals surface area contributed by atoms with Crippen molar-refractivity contribution in [2.75, 3.05) is 5.75 Å². The van der Waals surface area contributed by atoms with Gasteiger partial charge in [-0.2, -0.15) is 0 Å². The second-order valence-corrected chi connectivity index (χ2v) is 5.41. The first-order valence-electron chi connectivity index (χ1n) is 4.46. The minimum atomic E-state index is 0.0870. The minimum Gasteiger partial charge on any atom is -0.392 e. The number of hydrogen-bond acceptors (Lipinski definition) is 4. The van der Waals surface area contributed by atoms with Crippen molar-refractivity contribution in [3.8, 4) is 0 Å². The van der Waals surface area contributed by atoms with Gasteiger partial charge in [0.2, 0.25) is 0 Å². The smallest absolute Gasteiger partial charge is 0.151 e. The minimum absolute atomic E-state index is 0.0870. The van der Waals surface area contributed by atoms with E-state index in [0.29, 0.717) is 0 Å². The van der Waals surface area contributed by atoms with Crippen molar-refractivity contribution < 1.29 is 5.11 Å². The van der Waals surface area contributed by atoms with Crippen molar-refractivity contribution >= 4 is 33.3 Å². The zero-order valence-electron chi connectivity index (χ0n) is 7.86. The fraction of sp³-hybridized carbons (Fsp3) is 0.300. The molecule has 0 aliphatic heterocycles. The van der Waals surface area contributed by atoms with Crippen LogP contribution in [0.5, 0.6) is 0 Å². The fourth-order valence-corrected chi connectivity index (χ4v) is 3.18. The number of aliphatic hydroxyl groups excluding tert-OH is 1. The molecule has 74 valence electrons. The number of benzene rings is 1. The Labute approximate surface area is 91.0 Å². The summed E-state index contributed by atoms with van der Waals surface area (Å²) in [5.74, 6) is 1.05. The molecule has 2 rings (SSSR count). The average molecular weight is 225 g/mol. The Balaban J connectivity index is 2.43. The molecule has 2 nitrogen and oxygen atoms in total. The van der Waals surface area contributed by atoms with Gasteiger partial charge in [0.15, 0.2) is 4.34 Å². The molecule has 0 fully saturated rings. The maximum atomic E-state index is 8.98. The number of fused-ring (bicyclic) bond motifs is 1. The molecule has 1 aromatic carbocycles. The van der Waals surface area contributed by atoms with Crippen molar-refractivity contribution in [2.45, 2.75) is 17.9 Å². The van der Waals surface area contributed by atoms with Crippen LogP contribution in [0, 0.1) is 0 Å². The van der Waals surface area contributed by atoms with E-state index in [-0.39, 0.29) is 6.61 Å². The van der Waals surface area contributed by atoms with Gasteiger partial charge >= 0.3 is 0 Å². The lowest BCUT2D eigenvalue weighted by molar-refractivity contribution is 0.282. The van der Waals surface area contributed by atoms with Gasteiger partial charge in [-0.25, -0.2) is 4.98 Å². The normalized spacial score (nSPS) is 11.0. The molecule has 0 saturated carbocycles. The molecule has 14 heavy (non-hydrogen) atoms. The number of thioether (sulfide) groups is 1. The topological polar surface area (TPSA) is 33.1 Å². The highest BCUT2D eigenvalue weighted by atomic mass is 32.2. The molecule has 0 aliphatic rings. The zero-order valence-corrected chi connectivity index (χ0v) is 9.49. The molecular weight excluding hydrogens is 214 g/mol. The van der Waals surface area contributed by atoms with E-state index in [2.05, 4.69) is 11.9 Å². The van der Waals surface area contributed by atoms with Gasteiger partial charge < -0.3 is 5.11 Å². The monoisotopic (exact) mass is 225 g/mol. The van der Waals surface area contributed by atoms with Crippen molar-refractivity contribution in [3.63, 3.8) is 0 Å². The van der Waals surface area contributed by atoms with E-state index in [1.165, 1.54) is 4.70 Å². The second kappa shape index (κ2) is 4.29. The summed E-state index contributed by atoms with van der Waals surface area (Å²) in [7, 11) is 0. The molecule has 1 heterocycles. The Kier molecular flexibility index (Phi) is 3.05. The predicted octanol–water partition coefficient (Wildman–Crippen LogP) is 2.90. The van der Waals surface area contributed by atoms with Crippen LogP contribution in [0.4, 0.5) is 0 Å². The molecule has 0 saturated heterocycles. The van der Waals surface area contributed by atoms with E-state index in [4.69, 9.17) is 5.11 Å². The summed E-state index contributed by atoms with van der Waals surface area (Å²) in [6.45, 7) is 2.21. The molecule has 4 heteroatoms. The molecule has 0 radical (unpaired) electrons. The first kappa shape index (κ1) is 9.96. The number of rotatable bonds is 3. The lowest BCUT2D eigenvalue weighted by atomic mass is 10.2. The van der Waals surface area contributed by atoms with Crippen LogP contribution >= 0.6 is 23.1 Å². The standard InChI is InChI=1S/C10H11NOS2/c1-2-13-10-11-8-5-7(6-12)3-4-9(8)14-10/h3-5,12H,2,6H2,1H3. The molecule has 0 amide bonds. The number of aliphatic hydroxyl groups is 1. The summed E-state index contributed by atoms with van der Waals surface area (Å²) in [5, 5.41) is 8.98. The molecule has 0 atom stereocenters. The third-order valence-corrected chi connectivity index (χ3v) is 3.94. The van der Waals surface area contributed by atoms with E-state index in [1.54, 1.807) is 23.1 Å². The lowest BCUT2D eigenvalue weighted by Crippen LogP contribution is -1.80. The third-order valence-electron chi connectivity index (χ3n) is 1.88. The molecule has 0 unspecified atom stereocenters. The van der Waals surface area contributed by atoms with Crippen LogP contribution < -0.4 is 0 Å². The van der Waals surface area contributed by atoms with Crippen LogP contribution in [0.25, 0.3) is 10.2 Å². The molecule has 1 N–H and O–H groups in total. The number of nitrogens with zero attached hydrogens (tertiary/aromatic N) is 1. The summed E-state index contributed by atoms with van der Waals surface area (Å²) in [6.07, 6.45) is 0. The average Bonchev–Trinajstić information content (AvgIpc) is 2.59. The van der Waals surface area contributed by atoms with Crippen LogP contribution in [0.1, 0.15) is 12.5 Å². The molecule has 0 aliphatic carbocycles. The molecule has 1 aromatic heterocycles. The first-order valence-corrected chi connectivity index (χ1v) is 6.27. The summed E-state index contributed by atoms with van der Waals surface area (Å²) < 4.78 is 2.30. The molecule has 0 bridgehead atoms. The maximum absolute atomic E-state index is 8.98. The highest BCUT2D eigenvalue weighted by Crippen LogP contribution is 2.29. The molecular formula is C10H11NOS2. The van der Waals surface area contributed by atoms with Crippen LogP contribution in [-0.2, 0) is 6.61 Å². The third kappa shape index (κ3) is 1.92. The van der Waals surface area contributed by atoms with E-state index in [1.807, 2.05) is 18.2 Å². The largest absolute Gasteiger partial charge is 0.392 e. The van der Waals surface area contributed by atoms with Crippen molar-refractivity contribution in [3.05, 3.63) is 23.8 Å². The fourth-order valence-electron chi connectivity index (χ4n) is 1.24. The van der Waals surface area contributed by atoms with E-state index in [9.17, 15) is 0 Å². The number of aromatic nitrogens is 1. The van der Waals surface area contributed by atoms with E-state index < -0.39 is 0 Å². The van der Waals surface area contributed by atoms with Gasteiger partial charge in [0.1, 0.15) is 0 Å². The van der Waals surface area contributed by atoms with Gasteiger partial charge in [0.05, 0.1) is 16.8 Å². The van der Waals surface area contributed by atoms with Gasteiger partial charge in [-0.3, -0.25) is 0 Å². The maximum Gasteiger partial charge on any atom is 0.151 e. The Hall–Kier alpha value is -0.580. The van der Waals surface area contributed by atoms with Gasteiger partial charge in [0.25, 0.3) is 0 Å². The zero-order chi connectivity index (χ0) is 9.97. The summed E-state index contributed by atoms with van der Waals surface area (Å²) >= 11 is 3.47. The van der Waals surface area contributed by atoms with E-state index >= 15 is 0 Å². The van der Waals surface area contributed by atoms with Crippen molar-refractivity contribution in [1.29, 1.82) is 0 Å². The van der Waals surface area contributed by atoms with Crippen LogP contribution in [0.2, 0.25) is 0 Å². The van der Waals surface area contributed by atoms with Crippen LogP contribution in [0.15, 0.2) is 22.5 Å². The van der Waals surface area contributed by atoms with Gasteiger partial charge in [-0.1, -0.05) is 24.8 Å². The summed E-state index contributed by atoms with van der Waals surface area (Å²) in [4.78, 5) is 4.48. The van der Waals surface area contributed by atoms with Crippen LogP contribution in [-0.4, -0.2) is 15.8 Å². The Morgan fingerprint density at radius 2 is 2.36 bits per heavy atom. The number of hydrogen-bond donors (Lipinski definition) is 1. The van der Waals surface area contributed by atoms with E-state index in [0.717, 1.165) is 21.2 Å². The Morgan fingerprint density at radius 1 is 1.50 bits per heavy atom. The van der Waals surface area contributed by atoms with Crippen molar-refractivity contribution in [2.24, 2.45) is 0 Å². The van der Waals surface area contributed by atoms with Gasteiger partial charge in [0, 0.05) is 0 Å². The molecule has 0 spiro atoms. The number of thiazole rings is 1. The van der Waals surface area contributed by atoms with Crippen LogP contribution in [0.3, 0.4) is 0 Å². The second-order valence-electron chi connectivity index (χ2n) is 2.87. The SMILES string of the molecule is CCSc1nc2cc(CO)ccc2s1. The van der Waals surface area contributed by atoms with Gasteiger partial charge in [-0.05, 0) is 23.4 Å². The highest BCUT2D eigenvalue weighted by Gasteiger charge is 2.03. The molecule has 2 aromatic rings. The van der Waals surface area contributed by atoms with Gasteiger partial charge in [-0.15, -0.1) is 11.3 Å². The Bertz CT molecular complexity index is 439. The van der Waals surface area contributed by atoms with Crippen molar-refractivity contribution in [1.82, 2.24) is 4.98 Å². The summed E-state index contributed by atoms with van der Waals surface area (Å²) in [6, 6.07) is 5.92. The summed E-state index contributed by atoms with van der Waals surface area (Å²) in [5.41, 5.74) is 1.92. The quantitative estimate of drug-likeness (QED) is 0.815. The first-order chi connectivity index (χ1) is 6.83. The highest BCUT2D eigenvalue weighted by molar-refractivity contribution is 8.01. The predicted molar refractivity (Wildman–Crippen MR) is 61.9 cm³/mol. The Morgan fingerprint density at radius 3 is 3.07 bits per heavy atom. The lowest BCUT2D eigenvalue weighted by Gasteiger charge is -1.92.